The monoisotopic (exact) mass is 343 g/mol. The molecule has 0 radical (unpaired) electrons. The van der Waals surface area contributed by atoms with E-state index in [2.05, 4.69) is 10.3 Å². The number of nitrogens with zero attached hydrogens (tertiary/aromatic N) is 4. The molecular weight excluding hydrogens is 326 g/mol. The molecule has 0 bridgehead atoms. The van der Waals surface area contributed by atoms with Gasteiger partial charge in [-0.15, -0.1) is 0 Å². The number of hydrogen-bond donors (Lipinski definition) is 1. The molecule has 1 aliphatic heterocycles. The standard InChI is InChI=1S/C16H17N5O4/c22-15(19-6-1-2-7-19)10-18-16(23)12-3-4-13(14(9-12)21(24)25)20-8-5-17-11-20/h3-5,8-9,11H,1-2,6-7,10H2,(H,18,23). The first-order valence-electron chi connectivity index (χ1n) is 7.89. The molecule has 25 heavy (non-hydrogen) atoms. The summed E-state index contributed by atoms with van der Waals surface area (Å²) in [6, 6.07) is 4.17. The van der Waals surface area contributed by atoms with Crippen LogP contribution >= 0.6 is 0 Å². The minimum absolute atomic E-state index is 0.115. The Bertz CT molecular complexity index is 797. The fourth-order valence-corrected chi connectivity index (χ4v) is 2.77. The average molecular weight is 343 g/mol. The van der Waals surface area contributed by atoms with Crippen molar-refractivity contribution in [2.75, 3.05) is 19.6 Å². The minimum Gasteiger partial charge on any atom is -0.343 e. The largest absolute Gasteiger partial charge is 0.343 e. The van der Waals surface area contributed by atoms with Gasteiger partial charge < -0.3 is 14.8 Å². The molecule has 1 aromatic carbocycles. The summed E-state index contributed by atoms with van der Waals surface area (Å²) in [6.07, 6.45) is 6.48. The molecule has 0 saturated carbocycles. The van der Waals surface area contributed by atoms with E-state index in [-0.39, 0.29) is 23.7 Å². The van der Waals surface area contributed by atoms with Crippen molar-refractivity contribution in [3.63, 3.8) is 0 Å². The van der Waals surface area contributed by atoms with Crippen LogP contribution in [0.2, 0.25) is 0 Å². The minimum atomic E-state index is -0.554. The summed E-state index contributed by atoms with van der Waals surface area (Å²) in [5.41, 5.74) is 0.230. The second-order valence-corrected chi connectivity index (χ2v) is 5.70. The number of aromatic nitrogens is 2. The summed E-state index contributed by atoms with van der Waals surface area (Å²) in [7, 11) is 0. The fourth-order valence-electron chi connectivity index (χ4n) is 2.77. The van der Waals surface area contributed by atoms with Crippen molar-refractivity contribution in [1.29, 1.82) is 0 Å². The molecule has 0 aliphatic carbocycles. The van der Waals surface area contributed by atoms with Crippen molar-refractivity contribution < 1.29 is 14.5 Å². The lowest BCUT2D eigenvalue weighted by Crippen LogP contribution is -2.38. The van der Waals surface area contributed by atoms with Crippen LogP contribution in [-0.4, -0.2) is 50.8 Å². The Hall–Kier alpha value is -3.23. The second-order valence-electron chi connectivity index (χ2n) is 5.70. The first-order chi connectivity index (χ1) is 12.1. The van der Waals surface area contributed by atoms with E-state index in [1.165, 1.54) is 35.3 Å². The van der Waals surface area contributed by atoms with Crippen molar-refractivity contribution in [2.24, 2.45) is 0 Å². The molecule has 0 unspecified atom stereocenters. The first kappa shape index (κ1) is 16.6. The van der Waals surface area contributed by atoms with Crippen LogP contribution in [0, 0.1) is 10.1 Å². The van der Waals surface area contributed by atoms with Gasteiger partial charge in [-0.25, -0.2) is 4.98 Å². The van der Waals surface area contributed by atoms with Crippen LogP contribution in [0.5, 0.6) is 0 Å². The zero-order chi connectivity index (χ0) is 17.8. The van der Waals surface area contributed by atoms with Crippen LogP contribution < -0.4 is 5.32 Å². The van der Waals surface area contributed by atoms with Crippen molar-refractivity contribution in [2.45, 2.75) is 12.8 Å². The molecule has 1 N–H and O–H groups in total. The average Bonchev–Trinajstić information content (AvgIpc) is 3.32. The van der Waals surface area contributed by atoms with Gasteiger partial charge in [0.1, 0.15) is 5.69 Å². The van der Waals surface area contributed by atoms with Gasteiger partial charge in [0.2, 0.25) is 5.91 Å². The summed E-state index contributed by atoms with van der Waals surface area (Å²) in [4.78, 5) is 40.5. The predicted octanol–water partition coefficient (Wildman–Crippen LogP) is 1.13. The third-order valence-electron chi connectivity index (χ3n) is 4.08. The van der Waals surface area contributed by atoms with Crippen LogP contribution in [0.25, 0.3) is 5.69 Å². The topological polar surface area (TPSA) is 110 Å². The molecule has 2 amide bonds. The molecule has 2 aromatic rings. The highest BCUT2D eigenvalue weighted by Gasteiger charge is 2.21. The Morgan fingerprint density at radius 2 is 2.04 bits per heavy atom. The Kier molecular flexibility index (Phi) is 4.73. The number of amides is 2. The molecular formula is C16H17N5O4. The third kappa shape index (κ3) is 3.65. The quantitative estimate of drug-likeness (QED) is 0.646. The van der Waals surface area contributed by atoms with Gasteiger partial charge in [0.05, 0.1) is 17.8 Å². The van der Waals surface area contributed by atoms with Crippen LogP contribution in [0.4, 0.5) is 5.69 Å². The highest BCUT2D eigenvalue weighted by molar-refractivity contribution is 5.97. The van der Waals surface area contributed by atoms with E-state index in [1.807, 2.05) is 0 Å². The first-order valence-corrected chi connectivity index (χ1v) is 7.89. The summed E-state index contributed by atoms with van der Waals surface area (Å²) >= 11 is 0. The molecule has 2 heterocycles. The number of imidazole rings is 1. The fraction of sp³-hybridized carbons (Fsp3) is 0.312. The molecule has 1 fully saturated rings. The number of hydrogen-bond acceptors (Lipinski definition) is 5. The summed E-state index contributed by atoms with van der Waals surface area (Å²) in [5.74, 6) is -0.664. The zero-order valence-electron chi connectivity index (χ0n) is 13.4. The zero-order valence-corrected chi connectivity index (χ0v) is 13.4. The lowest BCUT2D eigenvalue weighted by molar-refractivity contribution is -0.384. The van der Waals surface area contributed by atoms with Crippen molar-refractivity contribution in [1.82, 2.24) is 19.8 Å². The van der Waals surface area contributed by atoms with Crippen LogP contribution in [0.15, 0.2) is 36.9 Å². The van der Waals surface area contributed by atoms with Gasteiger partial charge in [0, 0.05) is 37.1 Å². The maximum atomic E-state index is 12.2. The smallest absolute Gasteiger partial charge is 0.294 e. The number of rotatable bonds is 5. The Labute approximate surface area is 143 Å². The molecule has 9 nitrogen and oxygen atoms in total. The molecule has 1 aliphatic rings. The number of carbonyl (C=O) groups is 2. The van der Waals surface area contributed by atoms with Crippen molar-refractivity contribution in [3.8, 4) is 5.69 Å². The number of nitrogens with one attached hydrogen (secondary N) is 1. The van der Waals surface area contributed by atoms with Gasteiger partial charge >= 0.3 is 0 Å². The van der Waals surface area contributed by atoms with Crippen LogP contribution in [0.1, 0.15) is 23.2 Å². The SMILES string of the molecule is O=C(NCC(=O)N1CCCC1)c1ccc(-n2ccnc2)c([N+](=O)[O-])c1. The molecule has 0 spiro atoms. The normalized spacial score (nSPS) is 13.7. The number of nitro groups is 1. The van der Waals surface area contributed by atoms with Crippen LogP contribution in [-0.2, 0) is 4.79 Å². The predicted molar refractivity (Wildman–Crippen MR) is 88.4 cm³/mol. The highest BCUT2D eigenvalue weighted by atomic mass is 16.6. The van der Waals surface area contributed by atoms with E-state index in [1.54, 1.807) is 11.1 Å². The molecule has 0 atom stereocenters. The van der Waals surface area contributed by atoms with E-state index in [4.69, 9.17) is 0 Å². The van der Waals surface area contributed by atoms with Crippen molar-refractivity contribution in [3.05, 3.63) is 52.6 Å². The number of carbonyl (C=O) groups excluding carboxylic acids is 2. The van der Waals surface area contributed by atoms with E-state index >= 15 is 0 Å². The van der Waals surface area contributed by atoms with E-state index < -0.39 is 10.8 Å². The number of likely N-dealkylation sites (tertiary alicyclic amines) is 1. The molecule has 1 aromatic heterocycles. The van der Waals surface area contributed by atoms with Crippen LogP contribution in [0.3, 0.4) is 0 Å². The van der Waals surface area contributed by atoms with E-state index in [0.717, 1.165) is 12.8 Å². The summed E-state index contributed by atoms with van der Waals surface area (Å²) < 4.78 is 1.50. The molecule has 9 heteroatoms. The maximum absolute atomic E-state index is 12.2. The number of benzene rings is 1. The van der Waals surface area contributed by atoms with Gasteiger partial charge in [-0.1, -0.05) is 0 Å². The Morgan fingerprint density at radius 3 is 2.68 bits per heavy atom. The Balaban J connectivity index is 1.73. The van der Waals surface area contributed by atoms with Gasteiger partial charge in [0.25, 0.3) is 11.6 Å². The molecule has 130 valence electrons. The maximum Gasteiger partial charge on any atom is 0.294 e. The van der Waals surface area contributed by atoms with E-state index in [0.29, 0.717) is 18.8 Å². The number of nitro benzene ring substituents is 1. The summed E-state index contributed by atoms with van der Waals surface area (Å²) in [5, 5.41) is 13.8. The van der Waals surface area contributed by atoms with Gasteiger partial charge in [-0.3, -0.25) is 19.7 Å². The van der Waals surface area contributed by atoms with Crippen molar-refractivity contribution >= 4 is 17.5 Å². The Morgan fingerprint density at radius 1 is 1.28 bits per heavy atom. The molecule has 1 saturated heterocycles. The highest BCUT2D eigenvalue weighted by Crippen LogP contribution is 2.24. The lowest BCUT2D eigenvalue weighted by Gasteiger charge is -2.15. The second kappa shape index (κ2) is 7.12. The summed E-state index contributed by atoms with van der Waals surface area (Å²) in [6.45, 7) is 1.30. The van der Waals surface area contributed by atoms with Gasteiger partial charge in [-0.05, 0) is 25.0 Å². The lowest BCUT2D eigenvalue weighted by atomic mass is 10.1. The van der Waals surface area contributed by atoms with E-state index in [9.17, 15) is 19.7 Å². The van der Waals surface area contributed by atoms with Gasteiger partial charge in [0.15, 0.2) is 0 Å². The third-order valence-corrected chi connectivity index (χ3v) is 4.08. The molecule has 3 rings (SSSR count). The van der Waals surface area contributed by atoms with Gasteiger partial charge in [-0.2, -0.15) is 0 Å².